The Morgan fingerprint density at radius 3 is 2.29 bits per heavy atom. The van der Waals surface area contributed by atoms with E-state index in [1.165, 1.54) is 7.11 Å². The zero-order valence-electron chi connectivity index (χ0n) is 13.7. The van der Waals surface area contributed by atoms with Gasteiger partial charge in [-0.15, -0.1) is 0 Å². The number of carbonyl (C=O) groups excluding carboxylic acids is 1. The molecule has 0 aliphatic rings. The van der Waals surface area contributed by atoms with E-state index in [2.05, 4.69) is 19.2 Å². The minimum atomic E-state index is -0.281. The standard InChI is InChI=1S/C17H27NO3/c1-6-21-15-9-7-14(8-10-15)13(4)18-16(11-12(2)3)17(19)20-5/h7-10,12-13,16,18H,6,11H2,1-5H3. The van der Waals surface area contributed by atoms with Crippen molar-refractivity contribution in [2.45, 2.75) is 46.2 Å². The maximum atomic E-state index is 11.8. The van der Waals surface area contributed by atoms with Crippen LogP contribution in [0.25, 0.3) is 0 Å². The molecule has 0 saturated heterocycles. The lowest BCUT2D eigenvalue weighted by atomic mass is 10.0. The number of nitrogens with one attached hydrogen (secondary N) is 1. The highest BCUT2D eigenvalue weighted by molar-refractivity contribution is 5.75. The van der Waals surface area contributed by atoms with Crippen molar-refractivity contribution >= 4 is 5.97 Å². The van der Waals surface area contributed by atoms with Crippen LogP contribution in [0.3, 0.4) is 0 Å². The Bertz CT molecular complexity index is 428. The fourth-order valence-electron chi connectivity index (χ4n) is 2.26. The molecule has 0 aliphatic carbocycles. The zero-order valence-corrected chi connectivity index (χ0v) is 13.7. The first-order valence-electron chi connectivity index (χ1n) is 7.54. The minimum Gasteiger partial charge on any atom is -0.494 e. The fourth-order valence-corrected chi connectivity index (χ4v) is 2.26. The third-order valence-corrected chi connectivity index (χ3v) is 3.34. The van der Waals surface area contributed by atoms with Crippen LogP contribution in [0.15, 0.2) is 24.3 Å². The molecule has 0 aliphatic heterocycles. The van der Waals surface area contributed by atoms with E-state index < -0.39 is 0 Å². The van der Waals surface area contributed by atoms with Gasteiger partial charge < -0.3 is 9.47 Å². The number of benzene rings is 1. The van der Waals surface area contributed by atoms with Crippen molar-refractivity contribution in [2.24, 2.45) is 5.92 Å². The number of rotatable bonds is 8. The monoisotopic (exact) mass is 293 g/mol. The summed E-state index contributed by atoms with van der Waals surface area (Å²) in [6, 6.07) is 7.73. The first-order chi connectivity index (χ1) is 9.97. The predicted molar refractivity (Wildman–Crippen MR) is 84.4 cm³/mol. The van der Waals surface area contributed by atoms with E-state index in [0.717, 1.165) is 17.7 Å². The molecule has 1 N–H and O–H groups in total. The summed E-state index contributed by atoms with van der Waals surface area (Å²) in [6.45, 7) is 8.86. The molecule has 1 aromatic rings. The Morgan fingerprint density at radius 2 is 1.81 bits per heavy atom. The molecule has 21 heavy (non-hydrogen) atoms. The van der Waals surface area contributed by atoms with E-state index in [1.807, 2.05) is 38.1 Å². The lowest BCUT2D eigenvalue weighted by Crippen LogP contribution is -2.40. The summed E-state index contributed by atoms with van der Waals surface area (Å²) >= 11 is 0. The van der Waals surface area contributed by atoms with Crippen molar-refractivity contribution in [1.82, 2.24) is 5.32 Å². The zero-order chi connectivity index (χ0) is 15.8. The largest absolute Gasteiger partial charge is 0.494 e. The van der Waals surface area contributed by atoms with Gasteiger partial charge >= 0.3 is 5.97 Å². The summed E-state index contributed by atoms with van der Waals surface area (Å²) in [4.78, 5) is 11.8. The fraction of sp³-hybridized carbons (Fsp3) is 0.588. The van der Waals surface area contributed by atoms with Crippen LogP contribution in [0.1, 0.15) is 45.7 Å². The molecule has 118 valence electrons. The molecule has 0 aromatic heterocycles. The molecule has 0 radical (unpaired) electrons. The van der Waals surface area contributed by atoms with Crippen molar-refractivity contribution in [3.8, 4) is 5.75 Å². The van der Waals surface area contributed by atoms with Gasteiger partial charge in [0.25, 0.3) is 0 Å². The summed E-state index contributed by atoms with van der Waals surface area (Å²) < 4.78 is 10.3. The summed E-state index contributed by atoms with van der Waals surface area (Å²) in [5.41, 5.74) is 1.12. The Labute approximate surface area is 127 Å². The number of hydrogen-bond donors (Lipinski definition) is 1. The van der Waals surface area contributed by atoms with Crippen LogP contribution < -0.4 is 10.1 Å². The van der Waals surface area contributed by atoms with Crippen LogP contribution in [-0.2, 0) is 9.53 Å². The lowest BCUT2D eigenvalue weighted by molar-refractivity contribution is -0.143. The molecule has 4 heteroatoms. The third-order valence-electron chi connectivity index (χ3n) is 3.34. The smallest absolute Gasteiger partial charge is 0.322 e. The van der Waals surface area contributed by atoms with Gasteiger partial charge in [0.05, 0.1) is 13.7 Å². The van der Waals surface area contributed by atoms with Crippen LogP contribution in [0, 0.1) is 5.92 Å². The van der Waals surface area contributed by atoms with Crippen molar-refractivity contribution in [3.05, 3.63) is 29.8 Å². The van der Waals surface area contributed by atoms with E-state index >= 15 is 0 Å². The number of esters is 1. The van der Waals surface area contributed by atoms with Gasteiger partial charge in [-0.05, 0) is 43.9 Å². The normalized spacial score (nSPS) is 13.8. The molecule has 1 rings (SSSR count). The molecule has 0 fully saturated rings. The molecule has 1 aromatic carbocycles. The van der Waals surface area contributed by atoms with Crippen molar-refractivity contribution in [1.29, 1.82) is 0 Å². The van der Waals surface area contributed by atoms with Crippen LogP contribution in [0.4, 0.5) is 0 Å². The van der Waals surface area contributed by atoms with Gasteiger partial charge in [0.1, 0.15) is 11.8 Å². The van der Waals surface area contributed by atoms with Crippen LogP contribution in [-0.4, -0.2) is 25.7 Å². The molecule has 0 amide bonds. The number of methoxy groups -OCH3 is 1. The van der Waals surface area contributed by atoms with Gasteiger partial charge in [-0.2, -0.15) is 0 Å². The lowest BCUT2D eigenvalue weighted by Gasteiger charge is -2.23. The van der Waals surface area contributed by atoms with Crippen molar-refractivity contribution in [2.75, 3.05) is 13.7 Å². The summed E-state index contributed by atoms with van der Waals surface area (Å²) in [6.07, 6.45) is 0.758. The average molecular weight is 293 g/mol. The van der Waals surface area contributed by atoms with Gasteiger partial charge in [-0.25, -0.2) is 0 Å². The van der Waals surface area contributed by atoms with E-state index in [-0.39, 0.29) is 18.1 Å². The quantitative estimate of drug-likeness (QED) is 0.747. The molecule has 0 saturated carbocycles. The van der Waals surface area contributed by atoms with Crippen molar-refractivity contribution < 1.29 is 14.3 Å². The second-order valence-corrected chi connectivity index (χ2v) is 5.60. The molecular weight excluding hydrogens is 266 g/mol. The topological polar surface area (TPSA) is 47.6 Å². The van der Waals surface area contributed by atoms with E-state index in [0.29, 0.717) is 12.5 Å². The van der Waals surface area contributed by atoms with Gasteiger partial charge in [-0.3, -0.25) is 10.1 Å². The summed E-state index contributed by atoms with van der Waals surface area (Å²) in [7, 11) is 1.43. The molecule has 4 nitrogen and oxygen atoms in total. The first kappa shape index (κ1) is 17.5. The number of carbonyl (C=O) groups is 1. The predicted octanol–water partition coefficient (Wildman–Crippen LogP) is 3.32. The SMILES string of the molecule is CCOc1ccc(C(C)NC(CC(C)C)C(=O)OC)cc1. The second kappa shape index (κ2) is 8.67. The molecule has 0 heterocycles. The third kappa shape index (κ3) is 5.76. The number of hydrogen-bond acceptors (Lipinski definition) is 4. The van der Waals surface area contributed by atoms with Gasteiger partial charge in [0, 0.05) is 6.04 Å². The van der Waals surface area contributed by atoms with Crippen molar-refractivity contribution in [3.63, 3.8) is 0 Å². The molecular formula is C17H27NO3. The van der Waals surface area contributed by atoms with E-state index in [1.54, 1.807) is 0 Å². The van der Waals surface area contributed by atoms with Gasteiger partial charge in [-0.1, -0.05) is 26.0 Å². The average Bonchev–Trinajstić information content (AvgIpc) is 2.46. The van der Waals surface area contributed by atoms with Crippen LogP contribution >= 0.6 is 0 Å². The Hall–Kier alpha value is -1.55. The molecule has 2 atom stereocenters. The highest BCUT2D eigenvalue weighted by Crippen LogP contribution is 2.19. The number of ether oxygens (including phenoxy) is 2. The Balaban J connectivity index is 2.71. The maximum Gasteiger partial charge on any atom is 0.322 e. The van der Waals surface area contributed by atoms with E-state index in [9.17, 15) is 4.79 Å². The van der Waals surface area contributed by atoms with Crippen LogP contribution in [0.2, 0.25) is 0 Å². The van der Waals surface area contributed by atoms with Gasteiger partial charge in [0.15, 0.2) is 0 Å². The molecule has 0 bridgehead atoms. The Morgan fingerprint density at radius 1 is 1.19 bits per heavy atom. The molecule has 2 unspecified atom stereocenters. The Kier molecular flexibility index (Phi) is 7.23. The highest BCUT2D eigenvalue weighted by Gasteiger charge is 2.22. The first-order valence-corrected chi connectivity index (χ1v) is 7.54. The van der Waals surface area contributed by atoms with Gasteiger partial charge in [0.2, 0.25) is 0 Å². The van der Waals surface area contributed by atoms with Crippen LogP contribution in [0.5, 0.6) is 5.75 Å². The van der Waals surface area contributed by atoms with E-state index in [4.69, 9.17) is 9.47 Å². The summed E-state index contributed by atoms with van der Waals surface area (Å²) in [5, 5.41) is 3.35. The summed E-state index contributed by atoms with van der Waals surface area (Å²) in [5.74, 6) is 1.08. The maximum absolute atomic E-state index is 11.8. The second-order valence-electron chi connectivity index (χ2n) is 5.60. The molecule has 0 spiro atoms. The minimum absolute atomic E-state index is 0.0727. The highest BCUT2D eigenvalue weighted by atomic mass is 16.5.